The van der Waals surface area contributed by atoms with E-state index in [0.717, 1.165) is 0 Å². The summed E-state index contributed by atoms with van der Waals surface area (Å²) in [6.07, 6.45) is 2.18. The van der Waals surface area contributed by atoms with Crippen molar-refractivity contribution in [3.63, 3.8) is 0 Å². The lowest BCUT2D eigenvalue weighted by atomic mass is 10.2. The van der Waals surface area contributed by atoms with Gasteiger partial charge >= 0.3 is 5.97 Å². The van der Waals surface area contributed by atoms with Gasteiger partial charge in [-0.25, -0.2) is 0 Å². The normalized spacial score (nSPS) is 14.1. The monoisotopic (exact) mass is 236 g/mol. The first-order chi connectivity index (χ1) is 6.61. The number of carboxylic acid groups (broad SMARTS) is 1. The summed E-state index contributed by atoms with van der Waals surface area (Å²) in [5.74, 6) is -1.03. The highest BCUT2D eigenvalue weighted by atomic mass is 33.1. The molecule has 8 heteroatoms. The highest BCUT2D eigenvalue weighted by molar-refractivity contribution is 8.76. The van der Waals surface area contributed by atoms with Crippen LogP contribution in [0.4, 0.5) is 0 Å². The Kier molecular flexibility index (Phi) is 7.50. The molecule has 0 aliphatic heterocycles. The van der Waals surface area contributed by atoms with Gasteiger partial charge < -0.3 is 10.8 Å². The molecule has 80 valence electrons. The highest BCUT2D eigenvalue weighted by Gasteiger charge is 2.18. The second-order valence-corrected chi connectivity index (χ2v) is 5.25. The summed E-state index contributed by atoms with van der Waals surface area (Å²) in [5.41, 5.74) is 13.5. The predicted octanol–water partition coefficient (Wildman–Crippen LogP) is 1.48. The van der Waals surface area contributed by atoms with E-state index in [2.05, 4.69) is 10.0 Å². The molecule has 0 fully saturated rings. The van der Waals surface area contributed by atoms with Gasteiger partial charge in [-0.1, -0.05) is 26.7 Å². The number of hydrogen-bond donors (Lipinski definition) is 2. The first-order valence-electron chi connectivity index (χ1n) is 3.80. The summed E-state index contributed by atoms with van der Waals surface area (Å²) in [4.78, 5) is 13.1. The smallest absolute Gasteiger partial charge is 0.320 e. The van der Waals surface area contributed by atoms with Crippen LogP contribution in [0.2, 0.25) is 0 Å². The van der Waals surface area contributed by atoms with Crippen LogP contribution >= 0.6 is 21.6 Å². The van der Waals surface area contributed by atoms with Gasteiger partial charge in [-0.05, 0) is 18.2 Å². The van der Waals surface area contributed by atoms with Gasteiger partial charge in [-0.3, -0.25) is 4.79 Å². The van der Waals surface area contributed by atoms with Crippen LogP contribution in [-0.4, -0.2) is 35.2 Å². The van der Waals surface area contributed by atoms with E-state index in [-0.39, 0.29) is 11.8 Å². The molecule has 3 N–H and O–H groups in total. The van der Waals surface area contributed by atoms with E-state index in [1.807, 2.05) is 6.26 Å². The van der Waals surface area contributed by atoms with Gasteiger partial charge in [0.2, 0.25) is 0 Å². The number of aliphatic carboxylic acids is 1. The zero-order chi connectivity index (χ0) is 11.0. The third kappa shape index (κ3) is 5.98. The van der Waals surface area contributed by atoms with E-state index in [1.54, 1.807) is 0 Å². The van der Waals surface area contributed by atoms with Gasteiger partial charge in [-0.2, -0.15) is 0 Å². The Bertz CT molecular complexity index is 232. The summed E-state index contributed by atoms with van der Waals surface area (Å²) in [7, 11) is 2.97. The average molecular weight is 236 g/mol. The summed E-state index contributed by atoms with van der Waals surface area (Å²) in [6.45, 7) is 0.267. The molecule has 2 atom stereocenters. The fourth-order valence-corrected chi connectivity index (χ4v) is 2.71. The van der Waals surface area contributed by atoms with E-state index < -0.39 is 12.0 Å². The maximum absolute atomic E-state index is 10.5. The molecule has 1 unspecified atom stereocenters. The number of azide groups is 1. The summed E-state index contributed by atoms with van der Waals surface area (Å²) >= 11 is 0. The first-order valence-corrected chi connectivity index (χ1v) is 6.42. The average Bonchev–Trinajstić information content (AvgIpc) is 2.14. The van der Waals surface area contributed by atoms with Crippen LogP contribution in [0.15, 0.2) is 5.11 Å². The maximum Gasteiger partial charge on any atom is 0.320 e. The van der Waals surface area contributed by atoms with Crippen molar-refractivity contribution in [1.29, 1.82) is 0 Å². The minimum absolute atomic E-state index is 0.0491. The van der Waals surface area contributed by atoms with Crippen LogP contribution in [0.5, 0.6) is 0 Å². The first kappa shape index (κ1) is 13.4. The summed E-state index contributed by atoms with van der Waals surface area (Å²) < 4.78 is 0. The molecule has 0 saturated carbocycles. The van der Waals surface area contributed by atoms with Crippen molar-refractivity contribution in [2.24, 2.45) is 10.8 Å². The zero-order valence-electron chi connectivity index (χ0n) is 7.66. The lowest BCUT2D eigenvalue weighted by molar-refractivity contribution is -0.138. The summed E-state index contributed by atoms with van der Waals surface area (Å²) in [6, 6.07) is -0.895. The molecule has 0 rings (SSSR count). The van der Waals surface area contributed by atoms with Crippen molar-refractivity contribution < 1.29 is 9.90 Å². The Balaban J connectivity index is 4.06. The van der Waals surface area contributed by atoms with Gasteiger partial charge in [-0.15, -0.1) is 0 Å². The molecule has 0 aliphatic carbocycles. The molecule has 0 aromatic rings. The Labute approximate surface area is 89.6 Å². The number of hydrogen-bond acceptors (Lipinski definition) is 5. The Morgan fingerprint density at radius 2 is 2.43 bits per heavy atom. The second-order valence-electron chi connectivity index (χ2n) is 2.48. The van der Waals surface area contributed by atoms with Crippen LogP contribution in [0.3, 0.4) is 0 Å². The van der Waals surface area contributed by atoms with Crippen LogP contribution in [0.1, 0.15) is 6.42 Å². The van der Waals surface area contributed by atoms with Gasteiger partial charge in [0.05, 0.1) is 0 Å². The fourth-order valence-electron chi connectivity index (χ4n) is 0.792. The maximum atomic E-state index is 10.5. The van der Waals surface area contributed by atoms with Crippen molar-refractivity contribution >= 4 is 27.6 Å². The molecular weight excluding hydrogens is 224 g/mol. The third-order valence-electron chi connectivity index (χ3n) is 1.41. The molecule has 0 aromatic heterocycles. The van der Waals surface area contributed by atoms with Gasteiger partial charge in [0, 0.05) is 16.7 Å². The molecule has 6 nitrogen and oxygen atoms in total. The Morgan fingerprint density at radius 3 is 2.86 bits per heavy atom. The Morgan fingerprint density at radius 1 is 1.79 bits per heavy atom. The van der Waals surface area contributed by atoms with Crippen LogP contribution in [0, 0.1) is 0 Å². The van der Waals surface area contributed by atoms with E-state index in [1.165, 1.54) is 21.6 Å². The van der Waals surface area contributed by atoms with E-state index >= 15 is 0 Å². The minimum Gasteiger partial charge on any atom is -0.480 e. The van der Waals surface area contributed by atoms with Crippen LogP contribution in [0.25, 0.3) is 10.4 Å². The van der Waals surface area contributed by atoms with E-state index in [9.17, 15) is 4.79 Å². The summed E-state index contributed by atoms with van der Waals surface area (Å²) in [5, 5.41) is 11.9. The molecule has 0 aromatic carbocycles. The topological polar surface area (TPSA) is 112 Å². The largest absolute Gasteiger partial charge is 0.480 e. The molecule has 0 bridgehead atoms. The van der Waals surface area contributed by atoms with Crippen molar-refractivity contribution in [3.05, 3.63) is 10.4 Å². The molecule has 0 aliphatic rings. The van der Waals surface area contributed by atoms with Crippen LogP contribution < -0.4 is 5.73 Å². The highest BCUT2D eigenvalue weighted by Crippen LogP contribution is 2.27. The number of nitrogens with zero attached hydrogens (tertiary/aromatic N) is 3. The fraction of sp³-hybridized carbons (Fsp3) is 0.833. The van der Waals surface area contributed by atoms with Crippen molar-refractivity contribution in [1.82, 2.24) is 0 Å². The molecule has 0 amide bonds. The number of rotatable bonds is 7. The zero-order valence-corrected chi connectivity index (χ0v) is 9.29. The van der Waals surface area contributed by atoms with Crippen molar-refractivity contribution in [2.45, 2.75) is 17.7 Å². The quantitative estimate of drug-likeness (QED) is 0.301. The van der Waals surface area contributed by atoms with Crippen molar-refractivity contribution in [2.75, 3.05) is 12.8 Å². The minimum atomic E-state index is -1.03. The lowest BCUT2D eigenvalue weighted by Gasteiger charge is -2.14. The molecule has 0 saturated heterocycles. The lowest BCUT2D eigenvalue weighted by Crippen LogP contribution is -2.33. The Hall–Kier alpha value is -0.560. The molecular formula is C6H12N4O2S2. The number of carboxylic acids is 1. The second kappa shape index (κ2) is 7.81. The van der Waals surface area contributed by atoms with E-state index in [4.69, 9.17) is 16.4 Å². The molecule has 0 heterocycles. The SMILES string of the molecule is CSSC(CN=[N+]=[N-])C[C@H](N)C(=O)O. The van der Waals surface area contributed by atoms with Gasteiger partial charge in [0.15, 0.2) is 0 Å². The van der Waals surface area contributed by atoms with Gasteiger partial charge in [0.25, 0.3) is 0 Å². The van der Waals surface area contributed by atoms with Crippen molar-refractivity contribution in [3.8, 4) is 0 Å². The predicted molar refractivity (Wildman–Crippen MR) is 59.1 cm³/mol. The standard InChI is InChI=1S/C6H12N4O2S2/c1-13-14-4(3-9-10-8)2-5(7)6(11)12/h4-5H,2-3,7H2,1H3,(H,11,12)/t4?,5-/m0/s1. The molecule has 14 heavy (non-hydrogen) atoms. The van der Waals surface area contributed by atoms with Crippen LogP contribution in [-0.2, 0) is 4.79 Å². The molecule has 0 spiro atoms. The number of nitrogens with two attached hydrogens (primary N) is 1. The third-order valence-corrected chi connectivity index (χ3v) is 3.61. The van der Waals surface area contributed by atoms with Gasteiger partial charge in [0.1, 0.15) is 6.04 Å². The van der Waals surface area contributed by atoms with E-state index in [0.29, 0.717) is 6.42 Å². The molecule has 0 radical (unpaired) electrons. The number of carbonyl (C=O) groups is 1.